The van der Waals surface area contributed by atoms with Crippen LogP contribution in [0.15, 0.2) is 30.5 Å². The molecule has 10 heteroatoms. The van der Waals surface area contributed by atoms with Crippen molar-refractivity contribution in [1.82, 2.24) is 15.6 Å². The highest BCUT2D eigenvalue weighted by molar-refractivity contribution is 5.95. The Hall–Kier alpha value is -3.40. The molecule has 1 heterocycles. The highest BCUT2D eigenvalue weighted by Gasteiger charge is 2.29. The Kier molecular flexibility index (Phi) is 8.14. The number of rotatable bonds is 11. The molecule has 3 atom stereocenters. The number of H-pyrrole nitrogens is 1. The first-order valence-electron chi connectivity index (χ1n) is 10.0. The number of hydrogen-bond donors (Lipinski definition) is 6. The molecule has 2 aromatic rings. The van der Waals surface area contributed by atoms with E-state index >= 15 is 0 Å². The van der Waals surface area contributed by atoms with Crippen molar-refractivity contribution in [1.29, 1.82) is 0 Å². The summed E-state index contributed by atoms with van der Waals surface area (Å²) in [4.78, 5) is 51.1. The number of aliphatic carboxylic acids is 1. The van der Waals surface area contributed by atoms with E-state index in [1.807, 2.05) is 38.1 Å². The van der Waals surface area contributed by atoms with Crippen molar-refractivity contribution in [2.75, 3.05) is 0 Å². The summed E-state index contributed by atoms with van der Waals surface area (Å²) in [7, 11) is 0. The van der Waals surface area contributed by atoms with Gasteiger partial charge in [0.2, 0.25) is 17.7 Å². The molecule has 0 saturated heterocycles. The van der Waals surface area contributed by atoms with Gasteiger partial charge in [0.1, 0.15) is 12.1 Å². The molecule has 3 amide bonds. The van der Waals surface area contributed by atoms with Crippen LogP contribution in [0, 0.1) is 5.92 Å². The van der Waals surface area contributed by atoms with E-state index in [4.69, 9.17) is 11.5 Å². The zero-order valence-electron chi connectivity index (χ0n) is 17.6. The molecule has 10 nitrogen and oxygen atoms in total. The number of aromatic amines is 1. The van der Waals surface area contributed by atoms with Crippen LogP contribution < -0.4 is 22.1 Å². The Morgan fingerprint density at radius 2 is 1.71 bits per heavy atom. The number of carbonyl (C=O) groups excluding carboxylic acids is 3. The summed E-state index contributed by atoms with van der Waals surface area (Å²) in [6, 6.07) is 4.07. The van der Waals surface area contributed by atoms with Crippen molar-refractivity contribution in [3.05, 3.63) is 36.0 Å². The second kappa shape index (κ2) is 10.6. The maximum Gasteiger partial charge on any atom is 0.326 e. The minimum absolute atomic E-state index is 0.00942. The molecule has 0 aliphatic heterocycles. The van der Waals surface area contributed by atoms with E-state index in [1.54, 1.807) is 6.20 Å². The lowest BCUT2D eigenvalue weighted by atomic mass is 10.0. The van der Waals surface area contributed by atoms with Gasteiger partial charge >= 0.3 is 5.97 Å². The highest BCUT2D eigenvalue weighted by atomic mass is 16.4. The number of carboxylic acids is 1. The first kappa shape index (κ1) is 23.9. The molecule has 0 radical (unpaired) electrons. The molecule has 31 heavy (non-hydrogen) atoms. The minimum Gasteiger partial charge on any atom is -0.480 e. The van der Waals surface area contributed by atoms with Crippen LogP contribution in [0.2, 0.25) is 0 Å². The summed E-state index contributed by atoms with van der Waals surface area (Å²) >= 11 is 0. The second-order valence-corrected chi connectivity index (χ2v) is 7.93. The zero-order valence-corrected chi connectivity index (χ0v) is 17.6. The zero-order chi connectivity index (χ0) is 23.1. The number of nitrogens with two attached hydrogens (primary N) is 2. The van der Waals surface area contributed by atoms with Crippen LogP contribution in [0.4, 0.5) is 0 Å². The molecule has 0 aliphatic rings. The normalized spacial score (nSPS) is 14.1. The van der Waals surface area contributed by atoms with Gasteiger partial charge in [-0.05, 0) is 30.4 Å². The van der Waals surface area contributed by atoms with E-state index in [9.17, 15) is 24.3 Å². The largest absolute Gasteiger partial charge is 0.480 e. The number of carbonyl (C=O) groups is 4. The van der Waals surface area contributed by atoms with Gasteiger partial charge in [-0.3, -0.25) is 14.4 Å². The SMILES string of the molecule is CC(C)CC(NC(=O)C(CC(N)=O)NC(=O)C(N)Cc1c[nH]c2ccccc12)C(=O)O. The number of nitrogens with one attached hydrogen (secondary N) is 3. The van der Waals surface area contributed by atoms with Crippen molar-refractivity contribution in [3.8, 4) is 0 Å². The highest BCUT2D eigenvalue weighted by Crippen LogP contribution is 2.18. The quantitative estimate of drug-likeness (QED) is 0.291. The van der Waals surface area contributed by atoms with E-state index < -0.39 is 48.2 Å². The lowest BCUT2D eigenvalue weighted by Gasteiger charge is -2.23. The summed E-state index contributed by atoms with van der Waals surface area (Å²) in [5, 5.41) is 15.0. The molecule has 8 N–H and O–H groups in total. The second-order valence-electron chi connectivity index (χ2n) is 7.93. The average Bonchev–Trinajstić information content (AvgIpc) is 3.09. The summed E-state index contributed by atoms with van der Waals surface area (Å²) in [6.07, 6.45) is 1.67. The van der Waals surface area contributed by atoms with Crippen LogP contribution in [-0.4, -0.2) is 51.9 Å². The monoisotopic (exact) mass is 431 g/mol. The van der Waals surface area contributed by atoms with Crippen LogP contribution in [-0.2, 0) is 25.6 Å². The molecular formula is C21H29N5O5. The maximum absolute atomic E-state index is 12.6. The van der Waals surface area contributed by atoms with Gasteiger partial charge in [-0.15, -0.1) is 0 Å². The molecular weight excluding hydrogens is 402 g/mol. The van der Waals surface area contributed by atoms with Gasteiger partial charge in [0.25, 0.3) is 0 Å². The van der Waals surface area contributed by atoms with Gasteiger partial charge < -0.3 is 32.2 Å². The van der Waals surface area contributed by atoms with Crippen molar-refractivity contribution >= 4 is 34.6 Å². The number of para-hydroxylation sites is 1. The van der Waals surface area contributed by atoms with Gasteiger partial charge in [0, 0.05) is 17.1 Å². The number of carboxylic acid groups (broad SMARTS) is 1. The molecule has 2 rings (SSSR count). The van der Waals surface area contributed by atoms with Crippen molar-refractivity contribution in [3.63, 3.8) is 0 Å². The third kappa shape index (κ3) is 6.82. The van der Waals surface area contributed by atoms with Crippen molar-refractivity contribution in [2.24, 2.45) is 17.4 Å². The molecule has 0 aliphatic carbocycles. The minimum atomic E-state index is -1.33. The summed E-state index contributed by atoms with van der Waals surface area (Å²) in [5.74, 6) is -3.47. The van der Waals surface area contributed by atoms with E-state index in [2.05, 4.69) is 15.6 Å². The molecule has 168 valence electrons. The molecule has 0 bridgehead atoms. The number of primary amides is 1. The smallest absolute Gasteiger partial charge is 0.326 e. The van der Waals surface area contributed by atoms with Crippen LogP contribution in [0.1, 0.15) is 32.3 Å². The Morgan fingerprint density at radius 1 is 1.06 bits per heavy atom. The summed E-state index contributed by atoms with van der Waals surface area (Å²) < 4.78 is 0. The fraction of sp³-hybridized carbons (Fsp3) is 0.429. The summed E-state index contributed by atoms with van der Waals surface area (Å²) in [5.41, 5.74) is 13.0. The standard InChI is InChI=1S/C21H29N5O5/c1-11(2)7-17(21(30)31)26-20(29)16(9-18(23)27)25-19(28)14(22)8-12-10-24-15-6-4-3-5-13(12)15/h3-6,10-11,14,16-17,24H,7-9,22H2,1-2H3,(H2,23,27)(H,25,28)(H,26,29)(H,30,31). The van der Waals surface area contributed by atoms with Gasteiger partial charge in [0.15, 0.2) is 0 Å². The number of hydrogen-bond acceptors (Lipinski definition) is 5. The van der Waals surface area contributed by atoms with Crippen LogP contribution in [0.25, 0.3) is 10.9 Å². The van der Waals surface area contributed by atoms with Crippen molar-refractivity contribution < 1.29 is 24.3 Å². The Labute approximate surface area is 179 Å². The van der Waals surface area contributed by atoms with Gasteiger partial charge in [-0.1, -0.05) is 32.0 Å². The van der Waals surface area contributed by atoms with Crippen LogP contribution in [0.3, 0.4) is 0 Å². The topological polar surface area (TPSA) is 180 Å². The predicted molar refractivity (Wildman–Crippen MR) is 115 cm³/mol. The van der Waals surface area contributed by atoms with Crippen LogP contribution >= 0.6 is 0 Å². The van der Waals surface area contributed by atoms with Gasteiger partial charge in [-0.2, -0.15) is 0 Å². The molecule has 1 aromatic heterocycles. The van der Waals surface area contributed by atoms with Crippen molar-refractivity contribution in [2.45, 2.75) is 51.2 Å². The third-order valence-corrected chi connectivity index (χ3v) is 4.81. The molecule has 3 unspecified atom stereocenters. The number of benzene rings is 1. The molecule has 0 fully saturated rings. The first-order valence-corrected chi connectivity index (χ1v) is 10.0. The lowest BCUT2D eigenvalue weighted by molar-refractivity contribution is -0.142. The maximum atomic E-state index is 12.6. The van der Waals surface area contributed by atoms with Crippen LogP contribution in [0.5, 0.6) is 0 Å². The van der Waals surface area contributed by atoms with E-state index in [0.717, 1.165) is 16.5 Å². The number of amides is 3. The molecule has 0 spiro atoms. The summed E-state index contributed by atoms with van der Waals surface area (Å²) in [6.45, 7) is 3.63. The molecule has 0 saturated carbocycles. The average molecular weight is 431 g/mol. The lowest BCUT2D eigenvalue weighted by Crippen LogP contribution is -2.55. The fourth-order valence-corrected chi connectivity index (χ4v) is 3.28. The van der Waals surface area contributed by atoms with E-state index in [1.165, 1.54) is 0 Å². The number of fused-ring (bicyclic) bond motifs is 1. The Balaban J connectivity index is 2.07. The van der Waals surface area contributed by atoms with Gasteiger partial charge in [-0.25, -0.2) is 4.79 Å². The predicted octanol–water partition coefficient (Wildman–Crippen LogP) is 0.0134. The molecule has 1 aromatic carbocycles. The third-order valence-electron chi connectivity index (χ3n) is 4.81. The van der Waals surface area contributed by atoms with E-state index in [0.29, 0.717) is 0 Å². The Morgan fingerprint density at radius 3 is 2.32 bits per heavy atom. The first-order chi connectivity index (χ1) is 14.6. The van der Waals surface area contributed by atoms with E-state index in [-0.39, 0.29) is 18.8 Å². The fourth-order valence-electron chi connectivity index (χ4n) is 3.28. The van der Waals surface area contributed by atoms with Gasteiger partial charge in [0.05, 0.1) is 12.5 Å². The Bertz CT molecular complexity index is 955. The number of aromatic nitrogens is 1.